The van der Waals surface area contributed by atoms with Crippen LogP contribution in [0.5, 0.6) is 11.5 Å². The molecule has 0 saturated carbocycles. The molecule has 137 heavy (non-hydrogen) atoms. The van der Waals surface area contributed by atoms with E-state index in [2.05, 4.69) is 296 Å². The zero-order valence-electron chi connectivity index (χ0n) is 78.7. The number of rotatable bonds is 16. The first-order valence-corrected chi connectivity index (χ1v) is 48.9. The topological polar surface area (TPSA) is 165 Å². The molecule has 5 aliphatic rings. The Morgan fingerprint density at radius 3 is 1.11 bits per heavy atom. The van der Waals surface area contributed by atoms with Crippen molar-refractivity contribution < 1.29 is 13.9 Å². The summed E-state index contributed by atoms with van der Waals surface area (Å²) in [4.78, 5) is 47.8. The lowest BCUT2D eigenvalue weighted by atomic mass is 10.0. The van der Waals surface area contributed by atoms with Crippen molar-refractivity contribution in [2.24, 2.45) is 0 Å². The quantitative estimate of drug-likeness (QED) is 0.0625. The molecule has 0 saturated heterocycles. The van der Waals surface area contributed by atoms with Gasteiger partial charge in [0.2, 0.25) is 0 Å². The van der Waals surface area contributed by atoms with E-state index in [1.807, 2.05) is 73.6 Å². The van der Waals surface area contributed by atoms with Crippen molar-refractivity contribution >= 4 is 66.1 Å². The molecule has 16 nitrogen and oxygen atoms in total. The third kappa shape index (κ3) is 21.8. The molecule has 24 rings (SSSR count). The minimum absolute atomic E-state index is 0.195. The highest BCUT2D eigenvalue weighted by atomic mass is 35.5. The number of fused-ring (bicyclic) bond motifs is 15. The normalized spacial score (nSPS) is 14.8. The van der Waals surface area contributed by atoms with Gasteiger partial charge < -0.3 is 34.4 Å². The Bertz CT molecular complexity index is 7340. The fourth-order valence-corrected chi connectivity index (χ4v) is 21.2. The summed E-state index contributed by atoms with van der Waals surface area (Å²) in [5.74, 6) is 1.66. The predicted octanol–water partition coefficient (Wildman–Crippen LogP) is 26.3. The number of aryl methyl sites for hydroxylation is 7. The summed E-state index contributed by atoms with van der Waals surface area (Å²) in [6.07, 6.45) is 24.2. The molecule has 18 heteroatoms. The van der Waals surface area contributed by atoms with E-state index in [9.17, 15) is 4.39 Å². The Balaban J connectivity index is 0.000000106. The number of hydrogen-bond donors (Lipinski definition) is 5. The fraction of sp³-hybridized carbons (Fsp3) is 0.244. The molecule has 0 spiro atoms. The van der Waals surface area contributed by atoms with Gasteiger partial charge >= 0.3 is 0 Å². The molecule has 0 unspecified atom stereocenters. The van der Waals surface area contributed by atoms with E-state index in [4.69, 9.17) is 21.1 Å². The van der Waals surface area contributed by atoms with Crippen LogP contribution < -0.4 is 9.47 Å². The number of pyridine rings is 2. The largest absolute Gasteiger partial charge is 0.497 e. The molecule has 11 aromatic carbocycles. The van der Waals surface area contributed by atoms with Crippen molar-refractivity contribution in [3.8, 4) is 56.0 Å². The Morgan fingerprint density at radius 1 is 0.307 bits per heavy atom. The van der Waals surface area contributed by atoms with Gasteiger partial charge in [-0.05, 0) is 327 Å². The maximum atomic E-state index is 13.7. The lowest BCUT2D eigenvalue weighted by molar-refractivity contribution is 0.261. The maximum absolute atomic E-state index is 13.7. The second-order valence-electron chi connectivity index (χ2n) is 37.4. The molecule has 0 aliphatic carbocycles. The molecule has 19 aromatic rings. The van der Waals surface area contributed by atoms with Gasteiger partial charge in [0, 0.05) is 202 Å². The van der Waals surface area contributed by atoms with Gasteiger partial charge in [-0.3, -0.25) is 34.5 Å². The molecule has 5 N–H and O–H groups in total. The number of methoxy groups -OCH3 is 2. The summed E-state index contributed by atoms with van der Waals surface area (Å²) in [7, 11) is 3.46. The molecule has 13 heterocycles. The minimum Gasteiger partial charge on any atom is -0.497 e. The standard InChI is InChI=1S/C25H23FN2.C25H25N3O.C24H22ClN3.C23H22N4.C22H26N2O/c26-21-9-4-8-19(14-21)20-11-12-25-22(15-20)23-17-28(13-5-10-24(23)27-25)16-18-6-2-1-3-7-18;1-29-21-7-2-5-18(13-21)16-28-12-4-8-24-23(17-28)22-14-19(9-10-25(22)27-24)20-6-3-11-26-15-20;25-20-6-3-17(4-7-20)15-28-13-1-2-23-22(16-28)21-14-19(5-8-24(21)27-23)18-9-11-26-12-10-18;1-2-5-17(6-3-1)14-27-10-4-7-22-21(15-27)20-11-18(8-9-23(20)26-22)19-12-24-16-25-13-19;1-15-10-16(2)22-19(11-15)20-14-24(9-5-8-21(20)23-22)13-17-6-4-7-18(12-17)25-3/h1-4,6-9,11-12,14-15,27H,5,10,13,16-17H2;2-3,5-7,9-11,13-15,27H,4,8,12,16-17H2,1H3;3-12,14,27H,1-2,13,15-16H2;1-3,5-6,8-9,11-13,16,26H,4,7,10,14-15H2;4,6-7,10-12,23H,5,8-9,13-14H2,1-3H3. The maximum Gasteiger partial charge on any atom is 0.123 e. The van der Waals surface area contributed by atoms with E-state index in [-0.39, 0.29) is 5.82 Å². The first kappa shape index (κ1) is 90.9. The van der Waals surface area contributed by atoms with Crippen LogP contribution in [0.4, 0.5) is 4.39 Å². The summed E-state index contributed by atoms with van der Waals surface area (Å²) in [5.41, 5.74) is 38.7. The van der Waals surface area contributed by atoms with E-state index in [0.29, 0.717) is 0 Å². The third-order valence-corrected chi connectivity index (χ3v) is 28.0. The van der Waals surface area contributed by atoms with E-state index >= 15 is 0 Å². The van der Waals surface area contributed by atoms with E-state index < -0.39 is 0 Å². The molecule has 0 atom stereocenters. The smallest absolute Gasteiger partial charge is 0.123 e. The first-order valence-electron chi connectivity index (χ1n) is 48.5. The van der Waals surface area contributed by atoms with Crippen LogP contribution in [-0.2, 0) is 97.6 Å². The third-order valence-electron chi connectivity index (χ3n) is 27.8. The first-order chi connectivity index (χ1) is 67.3. The van der Waals surface area contributed by atoms with Gasteiger partial charge in [-0.15, -0.1) is 0 Å². The molecule has 690 valence electrons. The minimum atomic E-state index is -0.195. The Hall–Kier alpha value is -13.9. The van der Waals surface area contributed by atoms with Crippen molar-refractivity contribution in [1.82, 2.24) is 69.4 Å². The van der Waals surface area contributed by atoms with Gasteiger partial charge in [0.05, 0.1) is 14.2 Å². The van der Waals surface area contributed by atoms with Crippen molar-refractivity contribution in [3.63, 3.8) is 0 Å². The van der Waals surface area contributed by atoms with E-state index in [0.717, 1.165) is 175 Å². The van der Waals surface area contributed by atoms with Gasteiger partial charge in [-0.2, -0.15) is 0 Å². The highest BCUT2D eigenvalue weighted by Gasteiger charge is 2.27. The molecule has 0 bridgehead atoms. The lowest BCUT2D eigenvalue weighted by Gasteiger charge is -2.20. The van der Waals surface area contributed by atoms with E-state index in [1.54, 1.807) is 32.7 Å². The zero-order valence-corrected chi connectivity index (χ0v) is 79.5. The fourth-order valence-electron chi connectivity index (χ4n) is 21.0. The molecule has 0 radical (unpaired) electrons. The molecule has 5 aliphatic heterocycles. The van der Waals surface area contributed by atoms with Crippen LogP contribution in [0.1, 0.15) is 127 Å². The van der Waals surface area contributed by atoms with Crippen LogP contribution >= 0.6 is 11.6 Å². The van der Waals surface area contributed by atoms with Gasteiger partial charge in [0.15, 0.2) is 0 Å². The average Bonchev–Trinajstić information content (AvgIpc) is 1.63. The number of aromatic amines is 5. The van der Waals surface area contributed by atoms with Crippen LogP contribution in [-0.4, -0.2) is 116 Å². The number of H-pyrrole nitrogens is 5. The number of benzene rings is 11. The van der Waals surface area contributed by atoms with Crippen molar-refractivity contribution in [3.05, 3.63) is 416 Å². The van der Waals surface area contributed by atoms with Crippen molar-refractivity contribution in [2.45, 2.75) is 144 Å². The summed E-state index contributed by atoms with van der Waals surface area (Å²) >= 11 is 6.04. The highest BCUT2D eigenvalue weighted by Crippen LogP contribution is 2.40. The lowest BCUT2D eigenvalue weighted by Crippen LogP contribution is -2.22. The predicted molar refractivity (Wildman–Crippen MR) is 556 cm³/mol. The number of nitrogens with zero attached hydrogens (tertiary/aromatic N) is 9. The second kappa shape index (κ2) is 42.6. The molecule has 8 aromatic heterocycles. The van der Waals surface area contributed by atoms with Gasteiger partial charge in [0.25, 0.3) is 0 Å². The number of halogens is 2. The summed E-state index contributed by atoms with van der Waals surface area (Å²) in [6, 6.07) is 92.7. The molecular formula is C119H118ClFN14O2. The Morgan fingerprint density at radius 2 is 0.679 bits per heavy atom. The van der Waals surface area contributed by atoms with Gasteiger partial charge in [-0.25, -0.2) is 14.4 Å². The molecule has 0 fully saturated rings. The monoisotopic (exact) mass is 1830 g/mol. The Labute approximate surface area is 807 Å². The highest BCUT2D eigenvalue weighted by molar-refractivity contribution is 6.30. The zero-order chi connectivity index (χ0) is 92.9. The summed E-state index contributed by atoms with van der Waals surface area (Å²) in [5, 5.41) is 7.46. The van der Waals surface area contributed by atoms with Crippen LogP contribution in [0.25, 0.3) is 99.0 Å². The number of ether oxygens (including phenoxy) is 2. The average molecular weight is 1830 g/mol. The van der Waals surface area contributed by atoms with Crippen LogP contribution in [0.3, 0.4) is 0 Å². The summed E-state index contributed by atoms with van der Waals surface area (Å²) in [6.45, 7) is 19.7. The van der Waals surface area contributed by atoms with E-state index in [1.165, 1.54) is 204 Å². The van der Waals surface area contributed by atoms with Crippen LogP contribution in [0, 0.1) is 19.7 Å². The van der Waals surface area contributed by atoms with Crippen molar-refractivity contribution in [2.75, 3.05) is 46.9 Å². The van der Waals surface area contributed by atoms with Crippen molar-refractivity contribution in [1.29, 1.82) is 0 Å². The molecule has 0 amide bonds. The molecular weight excluding hydrogens is 1710 g/mol. The van der Waals surface area contributed by atoms with Gasteiger partial charge in [-0.1, -0.05) is 163 Å². The number of aromatic nitrogens is 9. The SMILES string of the molecule is COc1cccc(CN2CCCc3[nH]c4c(C)cc(C)cc4c3C2)c1.COc1cccc(CN2CCCc3[nH]c4ccc(-c5cccnc5)cc4c3C2)c1.Clc1ccc(CN2CCCc3[nH]c4ccc(-c5ccncc5)cc4c3C2)cc1.Fc1cccc(-c2ccc3[nH]c4c(c3c2)CN(Cc2ccccc2)CCC4)c1.c1ccc(CN2CCCc3[nH]c4ccc(-c5cncnc5)cc4c3C2)cc1. The summed E-state index contributed by atoms with van der Waals surface area (Å²) < 4.78 is 24.4. The number of nitrogens with one attached hydrogen (secondary N) is 5. The second-order valence-corrected chi connectivity index (χ2v) is 37.9. The Kier molecular flexibility index (Phi) is 28.3. The van der Waals surface area contributed by atoms with Crippen LogP contribution in [0.2, 0.25) is 5.02 Å². The number of hydrogen-bond acceptors (Lipinski definition) is 11. The van der Waals surface area contributed by atoms with Crippen LogP contribution in [0.15, 0.2) is 310 Å². The van der Waals surface area contributed by atoms with Gasteiger partial charge in [0.1, 0.15) is 23.6 Å².